The average molecular weight is 614 g/mol. The van der Waals surface area contributed by atoms with Crippen molar-refractivity contribution >= 4 is 29.4 Å². The van der Waals surface area contributed by atoms with Crippen molar-refractivity contribution in [2.75, 3.05) is 24.6 Å². The molecule has 10 heteroatoms. The number of aliphatic hydroxyl groups is 1. The van der Waals surface area contributed by atoms with Crippen molar-refractivity contribution in [3.63, 3.8) is 0 Å². The average Bonchev–Trinajstić information content (AvgIpc) is 3.41. The Hall–Kier alpha value is -4.28. The van der Waals surface area contributed by atoms with E-state index in [1.54, 1.807) is 42.2 Å². The smallest absolute Gasteiger partial charge is 0.313 e. The van der Waals surface area contributed by atoms with E-state index >= 15 is 0 Å². The summed E-state index contributed by atoms with van der Waals surface area (Å²) in [6, 6.07) is 12.9. The number of rotatable bonds is 4. The first-order chi connectivity index (χ1) is 21.7. The molecule has 2 fully saturated rings. The van der Waals surface area contributed by atoms with Gasteiger partial charge in [0.2, 0.25) is 11.8 Å². The molecule has 2 aromatic carbocycles. The Labute approximate surface area is 262 Å². The molecule has 2 aromatic rings. The van der Waals surface area contributed by atoms with Gasteiger partial charge in [-0.05, 0) is 49.9 Å². The topological polar surface area (TPSA) is 125 Å². The minimum absolute atomic E-state index is 0.134. The normalized spacial score (nSPS) is 31.5. The number of aryl methyl sites for hydroxylation is 2. The van der Waals surface area contributed by atoms with Crippen molar-refractivity contribution in [1.29, 1.82) is 0 Å². The molecule has 7 atom stereocenters. The predicted molar refractivity (Wildman–Crippen MR) is 166 cm³/mol. The van der Waals surface area contributed by atoms with Crippen molar-refractivity contribution in [1.82, 2.24) is 10.2 Å². The maximum atomic E-state index is 14.9. The number of aliphatic hydroxyl groups excluding tert-OH is 1. The van der Waals surface area contributed by atoms with Gasteiger partial charge in [-0.3, -0.25) is 19.2 Å². The maximum absolute atomic E-state index is 14.9. The lowest BCUT2D eigenvalue weighted by Gasteiger charge is -2.39. The third-order valence-electron chi connectivity index (χ3n) is 9.32. The van der Waals surface area contributed by atoms with E-state index in [-0.39, 0.29) is 31.3 Å². The molecule has 0 aromatic heterocycles. The van der Waals surface area contributed by atoms with Crippen LogP contribution in [-0.4, -0.2) is 77.2 Å². The Morgan fingerprint density at radius 1 is 1.04 bits per heavy atom. The summed E-state index contributed by atoms with van der Waals surface area (Å²) < 4.78 is 12.6. The number of benzene rings is 2. The van der Waals surface area contributed by atoms with E-state index in [9.17, 15) is 24.3 Å². The van der Waals surface area contributed by atoms with E-state index < -0.39 is 60.2 Å². The van der Waals surface area contributed by atoms with Gasteiger partial charge in [0.1, 0.15) is 23.7 Å². The molecule has 0 bridgehead atoms. The number of hydrogen-bond acceptors (Lipinski definition) is 7. The van der Waals surface area contributed by atoms with Gasteiger partial charge in [0.05, 0.1) is 31.2 Å². The van der Waals surface area contributed by atoms with Crippen LogP contribution >= 0.6 is 0 Å². The highest BCUT2D eigenvalue weighted by Gasteiger charge is 2.72. The molecule has 45 heavy (non-hydrogen) atoms. The minimum Gasteiger partial charge on any atom is -0.460 e. The molecule has 0 unspecified atom stereocenters. The van der Waals surface area contributed by atoms with Crippen LogP contribution in [0.5, 0.6) is 0 Å². The lowest BCUT2D eigenvalue weighted by atomic mass is 9.78. The summed E-state index contributed by atoms with van der Waals surface area (Å²) in [6.07, 6.45) is 6.22. The summed E-state index contributed by atoms with van der Waals surface area (Å²) in [5, 5.41) is 13.5. The number of nitrogens with one attached hydrogen (secondary N) is 1. The number of likely N-dealkylation sites (tertiary alicyclic amines) is 1. The Morgan fingerprint density at radius 2 is 1.82 bits per heavy atom. The van der Waals surface area contributed by atoms with E-state index in [0.717, 1.165) is 11.1 Å². The van der Waals surface area contributed by atoms with Gasteiger partial charge in [0.25, 0.3) is 5.91 Å². The second-order valence-corrected chi connectivity index (χ2v) is 12.4. The van der Waals surface area contributed by atoms with E-state index in [1.807, 2.05) is 56.3 Å². The molecule has 0 radical (unpaired) electrons. The van der Waals surface area contributed by atoms with Gasteiger partial charge in [-0.2, -0.15) is 0 Å². The summed E-state index contributed by atoms with van der Waals surface area (Å²) >= 11 is 0. The van der Waals surface area contributed by atoms with Gasteiger partial charge in [-0.15, -0.1) is 0 Å². The number of cyclic esters (lactones) is 1. The van der Waals surface area contributed by atoms with E-state index in [0.29, 0.717) is 17.7 Å². The summed E-state index contributed by atoms with van der Waals surface area (Å²) in [6.45, 7) is 5.49. The molecule has 4 aliphatic heterocycles. The van der Waals surface area contributed by atoms with Crippen LogP contribution in [0.15, 0.2) is 72.8 Å². The first-order valence-corrected chi connectivity index (χ1v) is 15.5. The fraction of sp³-hybridized carbons (Fsp3) is 0.429. The van der Waals surface area contributed by atoms with Crippen LogP contribution < -0.4 is 10.2 Å². The van der Waals surface area contributed by atoms with Gasteiger partial charge >= 0.3 is 5.97 Å². The molecule has 236 valence electrons. The van der Waals surface area contributed by atoms with Gasteiger partial charge in [0.15, 0.2) is 0 Å². The zero-order valence-corrected chi connectivity index (χ0v) is 25.7. The van der Waals surface area contributed by atoms with Gasteiger partial charge in [-0.25, -0.2) is 0 Å². The molecular weight excluding hydrogens is 574 g/mol. The fourth-order valence-corrected chi connectivity index (χ4v) is 7.19. The lowest BCUT2D eigenvalue weighted by molar-refractivity contribution is -0.159. The number of anilines is 1. The monoisotopic (exact) mass is 613 g/mol. The molecule has 0 saturated carbocycles. The summed E-state index contributed by atoms with van der Waals surface area (Å²) in [5.41, 5.74) is 1.73. The summed E-state index contributed by atoms with van der Waals surface area (Å²) in [7, 11) is 0. The Morgan fingerprint density at radius 3 is 2.58 bits per heavy atom. The van der Waals surface area contributed by atoms with Crippen LogP contribution in [0.25, 0.3) is 0 Å². The standard InChI is InChI=1S/C35H39N3O7/c1-21-14-15-22(2)25(18-21)37-17-9-16-35-30(29-27(45-35)12-7-8-13-28(40)36-19-23(3)44-34(29)43)32(41)38(31(35)33(37)42)26(20-39)24-10-5-4-6-11-24/h4-7,9-12,14-16,18,23,26-27,29-31,39H,8,13,17,19-20H2,1-3H3,(H,36,40)/b12-7-/t23-,26+,27-,29+,30+,31-,35+/m0/s1. The zero-order chi connectivity index (χ0) is 31.9. The van der Waals surface area contributed by atoms with Crippen LogP contribution in [0, 0.1) is 25.7 Å². The van der Waals surface area contributed by atoms with Gasteiger partial charge in [0, 0.05) is 18.7 Å². The summed E-state index contributed by atoms with van der Waals surface area (Å²) in [4.78, 5) is 58.9. The molecular formula is C35H39N3O7. The Balaban J connectivity index is 1.50. The van der Waals surface area contributed by atoms with Crippen molar-refractivity contribution < 1.29 is 33.8 Å². The van der Waals surface area contributed by atoms with Crippen LogP contribution in [0.4, 0.5) is 5.69 Å². The Bertz CT molecular complexity index is 1560. The van der Waals surface area contributed by atoms with E-state index in [4.69, 9.17) is 9.47 Å². The third kappa shape index (κ3) is 5.36. The van der Waals surface area contributed by atoms with Gasteiger partial charge < -0.3 is 29.7 Å². The number of ether oxygens (including phenoxy) is 2. The molecule has 2 saturated heterocycles. The molecule has 3 amide bonds. The second kappa shape index (κ2) is 12.3. The molecule has 4 aliphatic rings. The second-order valence-electron chi connectivity index (χ2n) is 12.4. The molecule has 0 aliphatic carbocycles. The molecule has 6 rings (SSSR count). The number of allylic oxidation sites excluding steroid dienone is 1. The molecule has 2 N–H and O–H groups in total. The highest BCUT2D eigenvalue weighted by molar-refractivity contribution is 6.06. The summed E-state index contributed by atoms with van der Waals surface area (Å²) in [5.74, 6) is -3.77. The number of carbonyl (C=O) groups excluding carboxylic acids is 4. The number of hydrogen-bond donors (Lipinski definition) is 2. The molecule has 10 nitrogen and oxygen atoms in total. The number of fused-ring (bicyclic) bond motifs is 2. The van der Waals surface area contributed by atoms with Crippen molar-refractivity contribution in [2.24, 2.45) is 11.8 Å². The largest absolute Gasteiger partial charge is 0.460 e. The number of amides is 3. The Kier molecular flexibility index (Phi) is 8.37. The fourth-order valence-electron chi connectivity index (χ4n) is 7.19. The maximum Gasteiger partial charge on any atom is 0.313 e. The van der Waals surface area contributed by atoms with E-state index in [1.165, 1.54) is 4.90 Å². The highest BCUT2D eigenvalue weighted by Crippen LogP contribution is 2.55. The predicted octanol–water partition coefficient (Wildman–Crippen LogP) is 2.92. The first kappa shape index (κ1) is 30.7. The van der Waals surface area contributed by atoms with Crippen LogP contribution in [-0.2, 0) is 28.7 Å². The minimum atomic E-state index is -1.51. The number of nitrogens with zero attached hydrogens (tertiary/aromatic N) is 2. The van der Waals surface area contributed by atoms with E-state index in [2.05, 4.69) is 5.32 Å². The SMILES string of the molecule is Cc1ccc(C)c(N2CC=C[C@@]34O[C@H]5/C=C\CCC(=O)NC[C@H](C)OC(=O)[C@H]5[C@@H]3C(=O)N([C@H](CO)c3ccccc3)[C@H]4C2=O)c1. The third-order valence-corrected chi connectivity index (χ3v) is 9.32. The van der Waals surface area contributed by atoms with Crippen LogP contribution in [0.3, 0.4) is 0 Å². The van der Waals surface area contributed by atoms with Crippen molar-refractivity contribution in [3.8, 4) is 0 Å². The zero-order valence-electron chi connectivity index (χ0n) is 25.7. The van der Waals surface area contributed by atoms with Crippen LogP contribution in [0.2, 0.25) is 0 Å². The molecule has 4 heterocycles. The van der Waals surface area contributed by atoms with Gasteiger partial charge in [-0.1, -0.05) is 66.8 Å². The number of carbonyl (C=O) groups is 4. The first-order valence-electron chi connectivity index (χ1n) is 15.5. The molecule has 1 spiro atoms. The quantitative estimate of drug-likeness (QED) is 0.401. The van der Waals surface area contributed by atoms with Crippen LogP contribution in [0.1, 0.15) is 42.5 Å². The van der Waals surface area contributed by atoms with Crippen molar-refractivity contribution in [2.45, 2.75) is 63.5 Å². The highest BCUT2D eigenvalue weighted by atomic mass is 16.6. The lowest BCUT2D eigenvalue weighted by Crippen LogP contribution is -2.56. The van der Waals surface area contributed by atoms with Crippen molar-refractivity contribution in [3.05, 3.63) is 89.5 Å². The number of esters is 1.